The lowest BCUT2D eigenvalue weighted by Crippen LogP contribution is -2.53. The van der Waals surface area contributed by atoms with E-state index in [1.165, 1.54) is 0 Å². The third kappa shape index (κ3) is 2.48. The van der Waals surface area contributed by atoms with Crippen LogP contribution in [0.25, 0.3) is 5.69 Å². The van der Waals surface area contributed by atoms with Gasteiger partial charge in [-0.05, 0) is 12.1 Å². The molecule has 1 fully saturated rings. The summed E-state index contributed by atoms with van der Waals surface area (Å²) in [6.07, 6.45) is 2.20. The molecule has 1 saturated heterocycles. The quantitative estimate of drug-likeness (QED) is 0.805. The summed E-state index contributed by atoms with van der Waals surface area (Å²) in [5, 5.41) is 14.1. The molecule has 1 aromatic carbocycles. The average Bonchev–Trinajstić information content (AvgIpc) is 2.91. The predicted octanol–water partition coefficient (Wildman–Crippen LogP) is -0.102. The van der Waals surface area contributed by atoms with Gasteiger partial charge in [0.2, 0.25) is 5.91 Å². The van der Waals surface area contributed by atoms with Crippen molar-refractivity contribution < 1.29 is 4.79 Å². The number of carbonyl (C=O) groups is 1. The number of nitrogens with one attached hydrogen (secondary N) is 2. The lowest BCUT2D eigenvalue weighted by molar-refractivity contribution is -0.124. The maximum atomic E-state index is 11.7. The molecule has 1 aliphatic heterocycles. The second kappa shape index (κ2) is 5.19. The number of rotatable bonds is 3. The van der Waals surface area contributed by atoms with E-state index in [1.807, 2.05) is 34.9 Å². The summed E-state index contributed by atoms with van der Waals surface area (Å²) < 4.78 is 1.91. The summed E-state index contributed by atoms with van der Waals surface area (Å²) >= 11 is 0. The summed E-state index contributed by atoms with van der Waals surface area (Å²) in [6, 6.07) is 9.63. The first-order valence-electron chi connectivity index (χ1n) is 6.30. The van der Waals surface area contributed by atoms with Gasteiger partial charge < -0.3 is 10.6 Å². The van der Waals surface area contributed by atoms with Gasteiger partial charge in [0.25, 0.3) is 0 Å². The molecule has 1 unspecified atom stereocenters. The second-order valence-electron chi connectivity index (χ2n) is 4.45. The lowest BCUT2D eigenvalue weighted by atomic mass is 10.1. The Bertz CT molecular complexity index is 565. The highest BCUT2D eigenvalue weighted by atomic mass is 16.2. The Morgan fingerprint density at radius 2 is 2.11 bits per heavy atom. The van der Waals surface area contributed by atoms with Crippen LogP contribution < -0.4 is 10.6 Å². The molecule has 0 aliphatic carbocycles. The van der Waals surface area contributed by atoms with Gasteiger partial charge in [-0.25, -0.2) is 0 Å². The third-order valence-corrected chi connectivity index (χ3v) is 3.17. The number of piperazine rings is 1. The summed E-state index contributed by atoms with van der Waals surface area (Å²) in [5.41, 5.74) is 0.999. The minimum atomic E-state index is -0.236. The van der Waals surface area contributed by atoms with E-state index in [-0.39, 0.29) is 11.9 Å². The summed E-state index contributed by atoms with van der Waals surface area (Å²) in [6.45, 7) is 1.47. The van der Waals surface area contributed by atoms with Crippen molar-refractivity contribution in [1.82, 2.24) is 25.4 Å². The molecule has 2 N–H and O–H groups in total. The van der Waals surface area contributed by atoms with E-state index >= 15 is 0 Å². The van der Waals surface area contributed by atoms with Gasteiger partial charge in [-0.1, -0.05) is 18.2 Å². The Morgan fingerprint density at radius 3 is 2.89 bits per heavy atom. The van der Waals surface area contributed by atoms with Gasteiger partial charge in [-0.3, -0.25) is 9.36 Å². The van der Waals surface area contributed by atoms with Crippen LogP contribution in [0.15, 0.2) is 36.7 Å². The summed E-state index contributed by atoms with van der Waals surface area (Å²) in [4.78, 5) is 11.7. The van der Waals surface area contributed by atoms with Crippen molar-refractivity contribution in [2.24, 2.45) is 0 Å². The van der Waals surface area contributed by atoms with Crippen molar-refractivity contribution in [3.05, 3.63) is 42.5 Å². The molecule has 1 atom stereocenters. The van der Waals surface area contributed by atoms with Crippen LogP contribution in [0.2, 0.25) is 0 Å². The van der Waals surface area contributed by atoms with Gasteiger partial charge >= 0.3 is 0 Å². The number of aromatic nitrogens is 3. The number of amides is 1. The zero-order valence-electron chi connectivity index (χ0n) is 10.4. The molecule has 19 heavy (non-hydrogen) atoms. The smallest absolute Gasteiger partial charge is 0.237 e. The van der Waals surface area contributed by atoms with Gasteiger partial charge in [0.05, 0.1) is 6.04 Å². The van der Waals surface area contributed by atoms with Crippen molar-refractivity contribution in [1.29, 1.82) is 0 Å². The van der Waals surface area contributed by atoms with Gasteiger partial charge in [0, 0.05) is 25.2 Å². The van der Waals surface area contributed by atoms with Gasteiger partial charge in [-0.15, -0.1) is 10.2 Å². The van der Waals surface area contributed by atoms with Crippen molar-refractivity contribution in [2.75, 3.05) is 13.1 Å². The molecule has 6 nitrogen and oxygen atoms in total. The molecule has 0 radical (unpaired) electrons. The first kappa shape index (κ1) is 11.9. The molecule has 0 saturated carbocycles. The van der Waals surface area contributed by atoms with Crippen LogP contribution >= 0.6 is 0 Å². The topological polar surface area (TPSA) is 71.8 Å². The van der Waals surface area contributed by atoms with Gasteiger partial charge in [0.1, 0.15) is 12.2 Å². The molecule has 1 aromatic heterocycles. The summed E-state index contributed by atoms with van der Waals surface area (Å²) in [7, 11) is 0. The van der Waals surface area contributed by atoms with Crippen molar-refractivity contribution in [3.8, 4) is 5.69 Å². The number of carbonyl (C=O) groups excluding carboxylic acids is 1. The maximum absolute atomic E-state index is 11.7. The minimum absolute atomic E-state index is 0.0221. The molecule has 2 heterocycles. The fourth-order valence-electron chi connectivity index (χ4n) is 2.20. The average molecular weight is 257 g/mol. The van der Waals surface area contributed by atoms with Crippen LogP contribution in [0, 0.1) is 0 Å². The molecule has 3 rings (SSSR count). The SMILES string of the molecule is O=C1NCCNC1Cc1nncn1-c1ccccc1. The molecule has 6 heteroatoms. The third-order valence-electron chi connectivity index (χ3n) is 3.17. The van der Waals surface area contributed by atoms with E-state index in [1.54, 1.807) is 6.33 Å². The van der Waals surface area contributed by atoms with Crippen molar-refractivity contribution >= 4 is 5.91 Å². The molecule has 98 valence electrons. The normalized spacial score (nSPS) is 19.2. The first-order chi connectivity index (χ1) is 9.34. The first-order valence-corrected chi connectivity index (χ1v) is 6.30. The number of hydrogen-bond donors (Lipinski definition) is 2. The van der Waals surface area contributed by atoms with E-state index in [0.717, 1.165) is 18.1 Å². The standard InChI is InChI=1S/C13H15N5O/c19-13-11(14-6-7-15-13)8-12-17-16-9-18(12)10-4-2-1-3-5-10/h1-5,9,11,14H,6-8H2,(H,15,19). The minimum Gasteiger partial charge on any atom is -0.353 e. The molecular formula is C13H15N5O. The van der Waals surface area contributed by atoms with Crippen molar-refractivity contribution in [2.45, 2.75) is 12.5 Å². The highest BCUT2D eigenvalue weighted by Crippen LogP contribution is 2.10. The van der Waals surface area contributed by atoms with E-state index in [4.69, 9.17) is 0 Å². The van der Waals surface area contributed by atoms with E-state index in [0.29, 0.717) is 13.0 Å². The fourth-order valence-corrected chi connectivity index (χ4v) is 2.20. The highest BCUT2D eigenvalue weighted by molar-refractivity contribution is 5.82. The second-order valence-corrected chi connectivity index (χ2v) is 4.45. The molecule has 0 spiro atoms. The van der Waals surface area contributed by atoms with E-state index in [2.05, 4.69) is 20.8 Å². The predicted molar refractivity (Wildman–Crippen MR) is 69.9 cm³/mol. The van der Waals surface area contributed by atoms with E-state index < -0.39 is 0 Å². The molecule has 1 aliphatic rings. The monoisotopic (exact) mass is 257 g/mol. The van der Waals surface area contributed by atoms with Crippen LogP contribution in [0.5, 0.6) is 0 Å². The lowest BCUT2D eigenvalue weighted by Gasteiger charge is -2.23. The van der Waals surface area contributed by atoms with Crippen LogP contribution in [-0.4, -0.2) is 39.8 Å². The number of benzene rings is 1. The highest BCUT2D eigenvalue weighted by Gasteiger charge is 2.23. The van der Waals surface area contributed by atoms with Gasteiger partial charge in [0.15, 0.2) is 0 Å². The molecule has 0 bridgehead atoms. The van der Waals surface area contributed by atoms with Crippen LogP contribution in [0.3, 0.4) is 0 Å². The number of para-hydroxylation sites is 1. The van der Waals surface area contributed by atoms with Gasteiger partial charge in [-0.2, -0.15) is 0 Å². The van der Waals surface area contributed by atoms with Crippen LogP contribution in [0.1, 0.15) is 5.82 Å². The van der Waals surface area contributed by atoms with Crippen molar-refractivity contribution in [3.63, 3.8) is 0 Å². The molecular weight excluding hydrogens is 242 g/mol. The Kier molecular flexibility index (Phi) is 3.24. The Hall–Kier alpha value is -2.21. The Morgan fingerprint density at radius 1 is 1.26 bits per heavy atom. The largest absolute Gasteiger partial charge is 0.353 e. The fraction of sp³-hybridized carbons (Fsp3) is 0.308. The Balaban J connectivity index is 1.82. The zero-order valence-corrected chi connectivity index (χ0v) is 10.4. The molecule has 1 amide bonds. The van der Waals surface area contributed by atoms with Crippen LogP contribution in [-0.2, 0) is 11.2 Å². The number of hydrogen-bond acceptors (Lipinski definition) is 4. The van der Waals surface area contributed by atoms with E-state index in [9.17, 15) is 4.79 Å². The maximum Gasteiger partial charge on any atom is 0.237 e. The number of nitrogens with zero attached hydrogens (tertiary/aromatic N) is 3. The zero-order chi connectivity index (χ0) is 13.1. The Labute approximate surface area is 110 Å². The van der Waals surface area contributed by atoms with Crippen LogP contribution in [0.4, 0.5) is 0 Å². The molecule has 2 aromatic rings. The summed E-state index contributed by atoms with van der Waals surface area (Å²) in [5.74, 6) is 0.801.